The minimum absolute atomic E-state index is 0.213. The summed E-state index contributed by atoms with van der Waals surface area (Å²) in [5, 5.41) is 0. The zero-order valence-electron chi connectivity index (χ0n) is 13.8. The Hall–Kier alpha value is -2.32. The van der Waals surface area contributed by atoms with Gasteiger partial charge in [0.2, 0.25) is 6.79 Å². The fourth-order valence-electron chi connectivity index (χ4n) is 2.93. The number of ether oxygens (including phenoxy) is 2. The van der Waals surface area contributed by atoms with E-state index in [1.165, 1.54) is 0 Å². The molecule has 4 rings (SSSR count). The van der Waals surface area contributed by atoms with Gasteiger partial charge >= 0.3 is 0 Å². The van der Waals surface area contributed by atoms with Gasteiger partial charge in [-0.1, -0.05) is 34.1 Å². The Bertz CT molecular complexity index is 1060. The molecule has 2 heterocycles. The second kappa shape index (κ2) is 6.44. The minimum Gasteiger partial charge on any atom is -0.454 e. The van der Waals surface area contributed by atoms with Crippen molar-refractivity contribution in [3.63, 3.8) is 0 Å². The van der Waals surface area contributed by atoms with Crippen LogP contribution in [0, 0.1) is 0 Å². The molecule has 0 saturated heterocycles. The molecule has 2 aliphatic rings. The Labute approximate surface area is 159 Å². The van der Waals surface area contributed by atoms with Crippen LogP contribution < -0.4 is 14.2 Å². The Balaban J connectivity index is 1.66. The predicted molar refractivity (Wildman–Crippen MR) is 102 cm³/mol. The van der Waals surface area contributed by atoms with E-state index in [-0.39, 0.29) is 11.7 Å². The Morgan fingerprint density at radius 3 is 2.77 bits per heavy atom. The molecule has 0 spiro atoms. The first-order valence-corrected chi connectivity index (χ1v) is 10.1. The first-order valence-electron chi connectivity index (χ1n) is 7.87. The van der Waals surface area contributed by atoms with Gasteiger partial charge in [-0.25, -0.2) is 8.42 Å². The molecule has 0 atom stereocenters. The van der Waals surface area contributed by atoms with Crippen LogP contribution in [0.25, 0.3) is 4.91 Å². The highest BCUT2D eigenvalue weighted by Gasteiger charge is 2.32. The molecule has 6 nitrogen and oxygen atoms in total. The number of hydrogen-bond donors (Lipinski definition) is 1. The van der Waals surface area contributed by atoms with E-state index in [9.17, 15) is 8.42 Å². The van der Waals surface area contributed by atoms with Crippen molar-refractivity contribution < 1.29 is 17.9 Å². The van der Waals surface area contributed by atoms with Gasteiger partial charge in [0.1, 0.15) is 10.7 Å². The summed E-state index contributed by atoms with van der Waals surface area (Å²) in [4.78, 5) is 4.71. The fraction of sp³-hybridized carbons (Fsp3) is 0.167. The van der Waals surface area contributed by atoms with Crippen molar-refractivity contribution in [3.05, 3.63) is 63.6 Å². The molecule has 134 valence electrons. The van der Waals surface area contributed by atoms with Crippen molar-refractivity contribution in [1.82, 2.24) is 4.72 Å². The first-order chi connectivity index (χ1) is 12.4. The highest BCUT2D eigenvalue weighted by atomic mass is 79.9. The van der Waals surface area contributed by atoms with Crippen molar-refractivity contribution in [2.45, 2.75) is 13.5 Å². The smallest absolute Gasteiger partial charge is 0.264 e. The van der Waals surface area contributed by atoms with Gasteiger partial charge in [-0.05, 0) is 42.3 Å². The van der Waals surface area contributed by atoms with Crippen molar-refractivity contribution in [2.75, 3.05) is 6.79 Å². The lowest BCUT2D eigenvalue weighted by Crippen LogP contribution is -2.23. The molecule has 0 aromatic heterocycles. The molecule has 0 unspecified atom stereocenters. The topological polar surface area (TPSA) is 77.0 Å². The van der Waals surface area contributed by atoms with Gasteiger partial charge in [0.05, 0.1) is 6.54 Å². The van der Waals surface area contributed by atoms with Gasteiger partial charge in [-0.3, -0.25) is 9.71 Å². The third-order valence-electron chi connectivity index (χ3n) is 4.14. The van der Waals surface area contributed by atoms with E-state index in [4.69, 9.17) is 9.47 Å². The molecule has 2 aromatic rings. The average molecular weight is 435 g/mol. The summed E-state index contributed by atoms with van der Waals surface area (Å²) in [6.07, 6.45) is 0. The van der Waals surface area contributed by atoms with Crippen LogP contribution in [0.1, 0.15) is 18.1 Å². The quantitative estimate of drug-likeness (QED) is 0.802. The van der Waals surface area contributed by atoms with Crippen LogP contribution in [0.15, 0.2) is 57.5 Å². The molecular formula is C18H15BrN2O4S. The number of rotatable bonds is 3. The maximum absolute atomic E-state index is 12.6. The van der Waals surface area contributed by atoms with Crippen LogP contribution in [0.3, 0.4) is 0 Å². The Morgan fingerprint density at radius 2 is 1.96 bits per heavy atom. The number of sulfonamides is 1. The summed E-state index contributed by atoms with van der Waals surface area (Å²) in [6, 6.07) is 12.8. The van der Waals surface area contributed by atoms with Gasteiger partial charge < -0.3 is 9.47 Å². The number of nitrogens with one attached hydrogen (secondary N) is 1. The average Bonchev–Trinajstić information content (AvgIpc) is 3.14. The van der Waals surface area contributed by atoms with Crippen LogP contribution in [0.2, 0.25) is 0 Å². The van der Waals surface area contributed by atoms with Gasteiger partial charge in [0.25, 0.3) is 10.0 Å². The van der Waals surface area contributed by atoms with E-state index < -0.39 is 10.0 Å². The van der Waals surface area contributed by atoms with Crippen LogP contribution >= 0.6 is 15.9 Å². The first kappa shape index (κ1) is 17.1. The van der Waals surface area contributed by atoms with Crippen molar-refractivity contribution in [3.8, 4) is 11.5 Å². The number of aliphatic imine (C=N–C) groups is 1. The van der Waals surface area contributed by atoms with Crippen LogP contribution in [-0.4, -0.2) is 21.0 Å². The van der Waals surface area contributed by atoms with Crippen LogP contribution in [-0.2, 0) is 16.6 Å². The lowest BCUT2D eigenvalue weighted by molar-refractivity contribution is 0.174. The van der Waals surface area contributed by atoms with Crippen molar-refractivity contribution >= 4 is 36.7 Å². The largest absolute Gasteiger partial charge is 0.454 e. The highest BCUT2D eigenvalue weighted by Crippen LogP contribution is 2.33. The summed E-state index contributed by atoms with van der Waals surface area (Å²) >= 11 is 3.38. The number of halogens is 1. The zero-order chi connectivity index (χ0) is 18.3. The third-order valence-corrected chi connectivity index (χ3v) is 6.17. The predicted octanol–water partition coefficient (Wildman–Crippen LogP) is 3.44. The van der Waals surface area contributed by atoms with Gasteiger partial charge in [0.15, 0.2) is 11.5 Å². The van der Waals surface area contributed by atoms with Gasteiger partial charge in [-0.15, -0.1) is 0 Å². The molecule has 8 heteroatoms. The normalized spacial score (nSPS) is 19.1. The van der Waals surface area contributed by atoms with E-state index >= 15 is 0 Å². The second-order valence-electron chi connectivity index (χ2n) is 5.92. The SMILES string of the molecule is CC1=C(c2cccc(Br)c2)S(=O)(=O)NC1=NCc1ccc2c(c1)OCO2. The summed E-state index contributed by atoms with van der Waals surface area (Å²) < 4.78 is 39.1. The second-order valence-corrected chi connectivity index (χ2v) is 8.46. The van der Waals surface area contributed by atoms with E-state index in [0.717, 1.165) is 10.0 Å². The molecule has 0 amide bonds. The summed E-state index contributed by atoms with van der Waals surface area (Å²) in [6.45, 7) is 2.30. The third kappa shape index (κ3) is 3.10. The van der Waals surface area contributed by atoms with Gasteiger partial charge in [-0.2, -0.15) is 0 Å². The Kier molecular flexibility index (Phi) is 4.24. The van der Waals surface area contributed by atoms with Crippen molar-refractivity contribution in [2.24, 2.45) is 4.99 Å². The molecule has 0 aliphatic carbocycles. The fourth-order valence-corrected chi connectivity index (χ4v) is 4.84. The summed E-state index contributed by atoms with van der Waals surface area (Å²) in [5.74, 6) is 1.74. The van der Waals surface area contributed by atoms with E-state index in [1.54, 1.807) is 25.1 Å². The molecule has 0 bridgehead atoms. The number of nitrogens with zero attached hydrogens (tertiary/aromatic N) is 1. The summed E-state index contributed by atoms with van der Waals surface area (Å²) in [5.41, 5.74) is 2.13. The maximum Gasteiger partial charge on any atom is 0.264 e. The Morgan fingerprint density at radius 1 is 1.15 bits per heavy atom. The highest BCUT2D eigenvalue weighted by molar-refractivity contribution is 9.10. The molecule has 26 heavy (non-hydrogen) atoms. The minimum atomic E-state index is -3.64. The molecular weight excluding hydrogens is 420 g/mol. The number of hydrogen-bond acceptors (Lipinski definition) is 5. The molecule has 0 radical (unpaired) electrons. The summed E-state index contributed by atoms with van der Waals surface area (Å²) in [7, 11) is -3.64. The van der Waals surface area contributed by atoms with Crippen LogP contribution in [0.4, 0.5) is 0 Å². The number of benzene rings is 2. The molecule has 0 fully saturated rings. The zero-order valence-corrected chi connectivity index (χ0v) is 16.2. The molecule has 0 saturated carbocycles. The number of fused-ring (bicyclic) bond motifs is 1. The van der Waals surface area contributed by atoms with Crippen molar-refractivity contribution in [1.29, 1.82) is 0 Å². The van der Waals surface area contributed by atoms with Crippen LogP contribution in [0.5, 0.6) is 11.5 Å². The van der Waals surface area contributed by atoms with E-state index in [0.29, 0.717) is 35.0 Å². The molecule has 2 aromatic carbocycles. The lowest BCUT2D eigenvalue weighted by atomic mass is 10.1. The lowest BCUT2D eigenvalue weighted by Gasteiger charge is -2.03. The molecule has 2 aliphatic heterocycles. The van der Waals surface area contributed by atoms with E-state index in [2.05, 4.69) is 25.6 Å². The van der Waals surface area contributed by atoms with E-state index in [1.807, 2.05) is 24.3 Å². The molecule has 1 N–H and O–H groups in total. The monoisotopic (exact) mass is 434 g/mol. The standard InChI is InChI=1S/C18H15BrN2O4S/c1-11-17(13-3-2-4-14(19)8-13)26(22,23)21-18(11)20-9-12-5-6-15-16(7-12)25-10-24-15/h2-8H,9-10H2,1H3,(H,20,21). The number of amidine groups is 1. The van der Waals surface area contributed by atoms with Gasteiger partial charge in [0, 0.05) is 10.0 Å². The maximum atomic E-state index is 12.6.